The van der Waals surface area contributed by atoms with Crippen molar-refractivity contribution in [2.24, 2.45) is 0 Å². The molecule has 0 unspecified atom stereocenters. The van der Waals surface area contributed by atoms with Crippen molar-refractivity contribution in [1.82, 2.24) is 0 Å². The van der Waals surface area contributed by atoms with Crippen LogP contribution in [0.4, 0.5) is 0 Å². The molecule has 1 aromatic carbocycles. The van der Waals surface area contributed by atoms with Crippen LogP contribution >= 0.6 is 0 Å². The fourth-order valence-corrected chi connectivity index (χ4v) is 4.78. The minimum absolute atomic E-state index is 0.130. The minimum Gasteiger partial charge on any atom is -0.504 e. The first kappa shape index (κ1) is 34.2. The van der Waals surface area contributed by atoms with Crippen molar-refractivity contribution in [3.8, 4) is 28.7 Å². The SMILES string of the molecule is CCCCCCCCOc1c(O)c(O)c(CCC)c(OCCCCCCCC)c1OCCCCCCCC. The van der Waals surface area contributed by atoms with E-state index in [-0.39, 0.29) is 17.2 Å². The van der Waals surface area contributed by atoms with E-state index in [4.69, 9.17) is 14.2 Å². The molecule has 0 bridgehead atoms. The monoisotopic (exact) mass is 536 g/mol. The van der Waals surface area contributed by atoms with E-state index in [1.165, 1.54) is 77.0 Å². The average Bonchev–Trinajstić information content (AvgIpc) is 2.92. The Morgan fingerprint density at radius 3 is 1.18 bits per heavy atom. The van der Waals surface area contributed by atoms with Gasteiger partial charge in [0, 0.05) is 5.56 Å². The summed E-state index contributed by atoms with van der Waals surface area (Å²) in [6.07, 6.45) is 22.5. The third-order valence-corrected chi connectivity index (χ3v) is 7.14. The highest BCUT2D eigenvalue weighted by molar-refractivity contribution is 5.69. The molecular weight excluding hydrogens is 476 g/mol. The molecule has 38 heavy (non-hydrogen) atoms. The van der Waals surface area contributed by atoms with E-state index >= 15 is 0 Å². The molecule has 0 heterocycles. The summed E-state index contributed by atoms with van der Waals surface area (Å²) >= 11 is 0. The molecule has 0 aliphatic rings. The number of ether oxygens (including phenoxy) is 3. The molecule has 0 amide bonds. The van der Waals surface area contributed by atoms with E-state index in [9.17, 15) is 10.2 Å². The Morgan fingerprint density at radius 1 is 0.395 bits per heavy atom. The number of aromatic hydroxyl groups is 2. The topological polar surface area (TPSA) is 68.2 Å². The van der Waals surface area contributed by atoms with Crippen molar-refractivity contribution in [2.75, 3.05) is 19.8 Å². The van der Waals surface area contributed by atoms with Crippen LogP contribution in [0.25, 0.3) is 0 Å². The maximum atomic E-state index is 11.0. The molecule has 0 saturated carbocycles. The zero-order valence-corrected chi connectivity index (χ0v) is 25.4. The smallest absolute Gasteiger partial charge is 0.211 e. The number of rotatable bonds is 26. The molecule has 0 radical (unpaired) electrons. The van der Waals surface area contributed by atoms with Gasteiger partial charge in [0.2, 0.25) is 17.2 Å². The van der Waals surface area contributed by atoms with Gasteiger partial charge in [-0.15, -0.1) is 0 Å². The third-order valence-electron chi connectivity index (χ3n) is 7.14. The second kappa shape index (κ2) is 23.1. The summed E-state index contributed by atoms with van der Waals surface area (Å²) in [5.74, 6) is 0.910. The van der Waals surface area contributed by atoms with Gasteiger partial charge in [0.05, 0.1) is 19.8 Å². The summed E-state index contributed by atoms with van der Waals surface area (Å²) in [5, 5.41) is 21.9. The van der Waals surface area contributed by atoms with Gasteiger partial charge in [-0.05, 0) is 25.7 Å². The summed E-state index contributed by atoms with van der Waals surface area (Å²) in [6, 6.07) is 0. The van der Waals surface area contributed by atoms with Gasteiger partial charge >= 0.3 is 0 Å². The Kier molecular flexibility index (Phi) is 20.9. The van der Waals surface area contributed by atoms with Crippen molar-refractivity contribution >= 4 is 0 Å². The first-order valence-corrected chi connectivity index (χ1v) is 16.1. The molecule has 222 valence electrons. The highest BCUT2D eigenvalue weighted by Gasteiger charge is 2.27. The van der Waals surface area contributed by atoms with E-state index in [1.807, 2.05) is 0 Å². The van der Waals surface area contributed by atoms with Crippen LogP contribution < -0.4 is 14.2 Å². The summed E-state index contributed by atoms with van der Waals surface area (Å²) < 4.78 is 18.7. The molecule has 0 aliphatic carbocycles. The van der Waals surface area contributed by atoms with E-state index in [2.05, 4.69) is 27.7 Å². The lowest BCUT2D eigenvalue weighted by Crippen LogP contribution is -2.09. The first-order valence-electron chi connectivity index (χ1n) is 16.1. The third kappa shape index (κ3) is 13.8. The lowest BCUT2D eigenvalue weighted by Gasteiger charge is -2.22. The molecule has 0 aliphatic heterocycles. The molecule has 5 heteroatoms. The summed E-state index contributed by atoms with van der Waals surface area (Å²) in [6.45, 7) is 10.3. The Hall–Kier alpha value is -1.78. The highest BCUT2D eigenvalue weighted by Crippen LogP contribution is 2.53. The minimum atomic E-state index is -0.218. The van der Waals surface area contributed by atoms with Gasteiger partial charge < -0.3 is 24.4 Å². The molecule has 1 rings (SSSR count). The Balaban J connectivity index is 2.99. The van der Waals surface area contributed by atoms with Gasteiger partial charge in [-0.1, -0.05) is 130 Å². The standard InChI is InChI=1S/C33H60O5/c1-5-9-12-15-18-21-25-36-31-28(24-8-4)29(34)30(35)32(37-26-22-19-16-13-10-6-2)33(31)38-27-23-20-17-14-11-7-3/h34-35H,5-27H2,1-4H3. The van der Waals surface area contributed by atoms with Gasteiger partial charge in [-0.25, -0.2) is 0 Å². The van der Waals surface area contributed by atoms with Gasteiger partial charge in [0.25, 0.3) is 0 Å². The summed E-state index contributed by atoms with van der Waals surface area (Å²) in [7, 11) is 0. The number of phenols is 2. The normalized spacial score (nSPS) is 11.2. The molecule has 2 N–H and O–H groups in total. The molecule has 5 nitrogen and oxygen atoms in total. The van der Waals surface area contributed by atoms with Gasteiger partial charge in [0.1, 0.15) is 0 Å². The number of phenolic OH excluding ortho intramolecular Hbond substituents is 2. The quantitative estimate of drug-likeness (QED) is 0.0910. The van der Waals surface area contributed by atoms with Gasteiger partial charge in [-0.3, -0.25) is 0 Å². The predicted octanol–water partition coefficient (Wildman–Crippen LogP) is 10.3. The molecule has 0 saturated heterocycles. The number of unbranched alkanes of at least 4 members (excludes halogenated alkanes) is 15. The molecule has 1 aromatic rings. The summed E-state index contributed by atoms with van der Waals surface area (Å²) in [5.41, 5.74) is 0.626. The van der Waals surface area contributed by atoms with Crippen LogP contribution in [0, 0.1) is 0 Å². The van der Waals surface area contributed by atoms with Crippen molar-refractivity contribution in [3.63, 3.8) is 0 Å². The van der Waals surface area contributed by atoms with Gasteiger partial charge in [-0.2, -0.15) is 0 Å². The molecular formula is C33H60O5. The lowest BCUT2D eigenvalue weighted by atomic mass is 10.0. The maximum absolute atomic E-state index is 11.0. The highest BCUT2D eigenvalue weighted by atomic mass is 16.5. The van der Waals surface area contributed by atoms with Crippen LogP contribution in [0.3, 0.4) is 0 Å². The van der Waals surface area contributed by atoms with Crippen LogP contribution in [-0.2, 0) is 6.42 Å². The van der Waals surface area contributed by atoms with Crippen molar-refractivity contribution in [3.05, 3.63) is 5.56 Å². The van der Waals surface area contributed by atoms with Crippen LogP contribution in [0.1, 0.15) is 155 Å². The zero-order valence-electron chi connectivity index (χ0n) is 25.4. The van der Waals surface area contributed by atoms with E-state index in [0.29, 0.717) is 43.3 Å². The predicted molar refractivity (Wildman–Crippen MR) is 160 cm³/mol. The van der Waals surface area contributed by atoms with Crippen LogP contribution in [0.15, 0.2) is 0 Å². The van der Waals surface area contributed by atoms with Gasteiger partial charge in [0.15, 0.2) is 11.5 Å². The second-order valence-electron chi connectivity index (χ2n) is 10.8. The number of benzene rings is 1. The van der Waals surface area contributed by atoms with Crippen molar-refractivity contribution < 1.29 is 24.4 Å². The average molecular weight is 537 g/mol. The van der Waals surface area contributed by atoms with Crippen molar-refractivity contribution in [1.29, 1.82) is 0 Å². The Labute approximate surface area is 234 Å². The second-order valence-corrected chi connectivity index (χ2v) is 10.8. The Morgan fingerprint density at radius 2 is 0.763 bits per heavy atom. The van der Waals surface area contributed by atoms with E-state index in [0.717, 1.165) is 44.9 Å². The largest absolute Gasteiger partial charge is 0.504 e. The van der Waals surface area contributed by atoms with E-state index in [1.54, 1.807) is 0 Å². The fourth-order valence-electron chi connectivity index (χ4n) is 4.78. The number of hydrogen-bond acceptors (Lipinski definition) is 5. The van der Waals surface area contributed by atoms with Crippen LogP contribution in [0.2, 0.25) is 0 Å². The molecule has 0 fully saturated rings. The van der Waals surface area contributed by atoms with Crippen molar-refractivity contribution in [2.45, 2.75) is 156 Å². The molecule has 0 atom stereocenters. The maximum Gasteiger partial charge on any atom is 0.211 e. The zero-order chi connectivity index (χ0) is 27.8. The number of hydrogen-bond donors (Lipinski definition) is 2. The molecule has 0 spiro atoms. The molecule has 0 aromatic heterocycles. The Bertz CT molecular complexity index is 703. The lowest BCUT2D eigenvalue weighted by molar-refractivity contribution is 0.222. The summed E-state index contributed by atoms with van der Waals surface area (Å²) in [4.78, 5) is 0. The van der Waals surface area contributed by atoms with Crippen LogP contribution in [0.5, 0.6) is 28.7 Å². The first-order chi connectivity index (χ1) is 18.6. The fraction of sp³-hybridized carbons (Fsp3) is 0.818. The van der Waals surface area contributed by atoms with E-state index < -0.39 is 0 Å². The van der Waals surface area contributed by atoms with Crippen LogP contribution in [-0.4, -0.2) is 30.0 Å².